The first-order valence-corrected chi connectivity index (χ1v) is 3.32. The van der Waals surface area contributed by atoms with Crippen LogP contribution in [0.5, 0.6) is 0 Å². The second-order valence-corrected chi connectivity index (χ2v) is 2.19. The van der Waals surface area contributed by atoms with Gasteiger partial charge in [0.2, 0.25) is 5.95 Å². The van der Waals surface area contributed by atoms with Crippen molar-refractivity contribution in [1.82, 2.24) is 9.55 Å². The van der Waals surface area contributed by atoms with Crippen LogP contribution in [0.2, 0.25) is 0 Å². The van der Waals surface area contributed by atoms with Gasteiger partial charge in [0.25, 0.3) is 0 Å². The molecule has 0 amide bonds. The predicted octanol–water partition coefficient (Wildman–Crippen LogP) is 0.458. The highest BCUT2D eigenvalue weighted by Gasteiger charge is 2.00. The normalized spacial score (nSPS) is 10.1. The molecule has 10 heavy (non-hydrogen) atoms. The summed E-state index contributed by atoms with van der Waals surface area (Å²) in [6.07, 6.45) is 2.59. The van der Waals surface area contributed by atoms with Crippen LogP contribution in [-0.4, -0.2) is 9.55 Å². The number of hydrogen-bond donors (Lipinski definition) is 2. The molecule has 0 radical (unpaired) electrons. The van der Waals surface area contributed by atoms with Gasteiger partial charge in [-0.1, -0.05) is 6.92 Å². The number of hydrogen-bond acceptors (Lipinski definition) is 3. The SMILES string of the molecule is CCCn1c(N)cnc1N. The van der Waals surface area contributed by atoms with Crippen molar-refractivity contribution < 1.29 is 0 Å². The Morgan fingerprint density at radius 3 is 2.70 bits per heavy atom. The topological polar surface area (TPSA) is 69.9 Å². The standard InChI is InChI=1S/C6H12N4/c1-2-3-10-5(7)4-9-6(10)8/h4H,2-3,7H2,1H3,(H2,8,9). The fraction of sp³-hybridized carbons (Fsp3) is 0.500. The van der Waals surface area contributed by atoms with Gasteiger partial charge in [0.15, 0.2) is 0 Å². The van der Waals surface area contributed by atoms with Crippen LogP contribution < -0.4 is 11.5 Å². The maximum Gasteiger partial charge on any atom is 0.201 e. The summed E-state index contributed by atoms with van der Waals surface area (Å²) in [6, 6.07) is 0. The Morgan fingerprint density at radius 1 is 1.60 bits per heavy atom. The summed E-state index contributed by atoms with van der Waals surface area (Å²) in [4.78, 5) is 3.85. The molecule has 56 valence electrons. The Balaban J connectivity index is 2.87. The zero-order valence-corrected chi connectivity index (χ0v) is 6.04. The smallest absolute Gasteiger partial charge is 0.201 e. The van der Waals surface area contributed by atoms with Crippen LogP contribution in [-0.2, 0) is 6.54 Å². The third-order valence-corrected chi connectivity index (χ3v) is 1.36. The van der Waals surface area contributed by atoms with E-state index in [0.29, 0.717) is 11.8 Å². The molecule has 0 aromatic carbocycles. The maximum absolute atomic E-state index is 5.55. The van der Waals surface area contributed by atoms with Gasteiger partial charge in [0.1, 0.15) is 5.82 Å². The van der Waals surface area contributed by atoms with E-state index >= 15 is 0 Å². The minimum absolute atomic E-state index is 0.499. The zero-order chi connectivity index (χ0) is 7.56. The quantitative estimate of drug-likeness (QED) is 0.626. The molecule has 4 heteroatoms. The van der Waals surface area contributed by atoms with Crippen molar-refractivity contribution in [2.45, 2.75) is 19.9 Å². The van der Waals surface area contributed by atoms with Gasteiger partial charge >= 0.3 is 0 Å². The van der Waals surface area contributed by atoms with Crippen molar-refractivity contribution >= 4 is 11.8 Å². The van der Waals surface area contributed by atoms with E-state index in [1.165, 1.54) is 0 Å². The summed E-state index contributed by atoms with van der Waals surface area (Å²) in [5.41, 5.74) is 11.0. The summed E-state index contributed by atoms with van der Waals surface area (Å²) in [7, 11) is 0. The van der Waals surface area contributed by atoms with Crippen LogP contribution in [0.25, 0.3) is 0 Å². The average molecular weight is 140 g/mol. The summed E-state index contributed by atoms with van der Waals surface area (Å²) >= 11 is 0. The summed E-state index contributed by atoms with van der Waals surface area (Å²) in [5, 5.41) is 0. The van der Waals surface area contributed by atoms with Crippen LogP contribution in [0, 0.1) is 0 Å². The second-order valence-electron chi connectivity index (χ2n) is 2.19. The first kappa shape index (κ1) is 6.92. The van der Waals surface area contributed by atoms with Crippen LogP contribution in [0.4, 0.5) is 11.8 Å². The van der Waals surface area contributed by atoms with Crippen molar-refractivity contribution in [3.63, 3.8) is 0 Å². The molecular formula is C6H12N4. The second kappa shape index (κ2) is 2.60. The third-order valence-electron chi connectivity index (χ3n) is 1.36. The lowest BCUT2D eigenvalue weighted by atomic mass is 10.5. The summed E-state index contributed by atoms with van der Waals surface area (Å²) in [6.45, 7) is 2.91. The molecule has 0 saturated carbocycles. The van der Waals surface area contributed by atoms with E-state index in [1.807, 2.05) is 0 Å². The highest BCUT2D eigenvalue weighted by atomic mass is 15.2. The zero-order valence-electron chi connectivity index (χ0n) is 6.04. The molecule has 1 aromatic rings. The van der Waals surface area contributed by atoms with E-state index in [1.54, 1.807) is 10.8 Å². The van der Waals surface area contributed by atoms with Crippen LogP contribution >= 0.6 is 0 Å². The average Bonchev–Trinajstić information content (AvgIpc) is 2.20. The number of aromatic nitrogens is 2. The lowest BCUT2D eigenvalue weighted by Crippen LogP contribution is -2.05. The molecule has 4 nitrogen and oxygen atoms in total. The molecule has 0 atom stereocenters. The molecule has 0 aliphatic heterocycles. The minimum Gasteiger partial charge on any atom is -0.384 e. The van der Waals surface area contributed by atoms with Crippen molar-refractivity contribution in [3.05, 3.63) is 6.20 Å². The van der Waals surface area contributed by atoms with Crippen molar-refractivity contribution in [2.24, 2.45) is 0 Å². The number of nitrogens with zero attached hydrogens (tertiary/aromatic N) is 2. The predicted molar refractivity (Wildman–Crippen MR) is 41.3 cm³/mol. The van der Waals surface area contributed by atoms with E-state index < -0.39 is 0 Å². The largest absolute Gasteiger partial charge is 0.384 e. The molecule has 0 fully saturated rings. The van der Waals surface area contributed by atoms with Gasteiger partial charge in [-0.3, -0.25) is 4.57 Å². The van der Waals surface area contributed by atoms with Crippen LogP contribution in [0.15, 0.2) is 6.20 Å². The highest BCUT2D eigenvalue weighted by molar-refractivity contribution is 5.36. The molecule has 0 unspecified atom stereocenters. The Bertz CT molecular complexity index is 196. The number of rotatable bonds is 2. The Hall–Kier alpha value is -1.19. The van der Waals surface area contributed by atoms with Crippen LogP contribution in [0.3, 0.4) is 0 Å². The van der Waals surface area contributed by atoms with E-state index in [-0.39, 0.29) is 0 Å². The van der Waals surface area contributed by atoms with Gasteiger partial charge in [0.05, 0.1) is 6.20 Å². The van der Waals surface area contributed by atoms with Gasteiger partial charge in [-0.15, -0.1) is 0 Å². The Morgan fingerprint density at radius 2 is 2.30 bits per heavy atom. The Labute approximate surface area is 59.8 Å². The fourth-order valence-corrected chi connectivity index (χ4v) is 0.871. The van der Waals surface area contributed by atoms with Crippen molar-refractivity contribution in [2.75, 3.05) is 11.5 Å². The fourth-order valence-electron chi connectivity index (χ4n) is 0.871. The molecule has 0 aliphatic carbocycles. The first-order valence-electron chi connectivity index (χ1n) is 3.32. The third kappa shape index (κ3) is 1.05. The lowest BCUT2D eigenvalue weighted by Gasteiger charge is -2.02. The minimum atomic E-state index is 0.499. The number of nitrogens with two attached hydrogens (primary N) is 2. The van der Waals surface area contributed by atoms with Gasteiger partial charge in [-0.2, -0.15) is 0 Å². The van der Waals surface area contributed by atoms with E-state index in [2.05, 4.69) is 11.9 Å². The molecule has 1 rings (SSSR count). The maximum atomic E-state index is 5.55. The van der Waals surface area contributed by atoms with Crippen molar-refractivity contribution in [1.29, 1.82) is 0 Å². The van der Waals surface area contributed by atoms with E-state index in [0.717, 1.165) is 13.0 Å². The number of imidazole rings is 1. The summed E-state index contributed by atoms with van der Waals surface area (Å²) < 4.78 is 1.79. The van der Waals surface area contributed by atoms with E-state index in [9.17, 15) is 0 Å². The van der Waals surface area contributed by atoms with Gasteiger partial charge in [-0.25, -0.2) is 4.98 Å². The Kier molecular flexibility index (Phi) is 1.80. The molecule has 4 N–H and O–H groups in total. The lowest BCUT2D eigenvalue weighted by molar-refractivity contribution is 0.696. The van der Waals surface area contributed by atoms with E-state index in [4.69, 9.17) is 11.5 Å². The molecule has 0 aliphatic rings. The van der Waals surface area contributed by atoms with Gasteiger partial charge < -0.3 is 11.5 Å². The number of anilines is 2. The molecule has 0 spiro atoms. The number of nitrogen functional groups attached to an aromatic ring is 2. The molecular weight excluding hydrogens is 128 g/mol. The van der Waals surface area contributed by atoms with Gasteiger partial charge in [0, 0.05) is 6.54 Å². The van der Waals surface area contributed by atoms with Gasteiger partial charge in [-0.05, 0) is 6.42 Å². The molecule has 0 saturated heterocycles. The highest BCUT2D eigenvalue weighted by Crippen LogP contribution is 2.08. The molecule has 1 heterocycles. The monoisotopic (exact) mass is 140 g/mol. The first-order chi connectivity index (χ1) is 4.75. The molecule has 1 aromatic heterocycles. The van der Waals surface area contributed by atoms with Crippen molar-refractivity contribution in [3.8, 4) is 0 Å². The summed E-state index contributed by atoms with van der Waals surface area (Å²) in [5.74, 6) is 1.14. The molecule has 0 bridgehead atoms. The van der Waals surface area contributed by atoms with Crippen LogP contribution in [0.1, 0.15) is 13.3 Å².